The van der Waals surface area contributed by atoms with Gasteiger partial charge in [-0.05, 0) is 54.1 Å². The van der Waals surface area contributed by atoms with Gasteiger partial charge in [-0.3, -0.25) is 9.59 Å². The maximum absolute atomic E-state index is 14.5. The van der Waals surface area contributed by atoms with E-state index in [4.69, 9.17) is 9.47 Å². The molecule has 218 valence electrons. The second-order valence-electron chi connectivity index (χ2n) is 12.6. The van der Waals surface area contributed by atoms with E-state index in [2.05, 4.69) is 26.8 Å². The molecule has 7 heteroatoms. The quantitative estimate of drug-likeness (QED) is 0.139. The molecule has 0 radical (unpaired) electrons. The number of unbranched alkanes of at least 4 members (excludes halogenated alkanes) is 2. The summed E-state index contributed by atoms with van der Waals surface area (Å²) < 4.78 is 11.1. The molecular weight excluding hydrogens is 508 g/mol. The van der Waals surface area contributed by atoms with E-state index in [-0.39, 0.29) is 41.1 Å². The van der Waals surface area contributed by atoms with E-state index in [1.165, 1.54) is 13.0 Å². The third-order valence-corrected chi connectivity index (χ3v) is 9.82. The molecule has 0 aromatic heterocycles. The summed E-state index contributed by atoms with van der Waals surface area (Å²) in [6, 6.07) is 0. The van der Waals surface area contributed by atoms with Crippen LogP contribution in [0.4, 0.5) is 0 Å². The van der Waals surface area contributed by atoms with Gasteiger partial charge < -0.3 is 19.7 Å². The van der Waals surface area contributed by atoms with Gasteiger partial charge in [-0.1, -0.05) is 83.1 Å². The van der Waals surface area contributed by atoms with Crippen LogP contribution >= 0.6 is 0 Å². The van der Waals surface area contributed by atoms with Crippen LogP contribution in [-0.2, 0) is 23.9 Å². The summed E-state index contributed by atoms with van der Waals surface area (Å²) in [5, 5.41) is 24.4. The summed E-state index contributed by atoms with van der Waals surface area (Å²) in [6.07, 6.45) is 14.9. The number of aliphatic hydroxyl groups excluding tert-OH is 1. The van der Waals surface area contributed by atoms with E-state index in [0.717, 1.165) is 19.3 Å². The van der Waals surface area contributed by atoms with Crippen LogP contribution in [0, 0.1) is 34.5 Å². The first-order valence-corrected chi connectivity index (χ1v) is 14.5. The van der Waals surface area contributed by atoms with E-state index in [9.17, 15) is 24.6 Å². The number of esters is 2. The average Bonchev–Trinajstić information content (AvgIpc) is 3.38. The largest absolute Gasteiger partial charge is 0.461 e. The Morgan fingerprint density at radius 1 is 1.18 bits per heavy atom. The zero-order valence-electron chi connectivity index (χ0n) is 24.6. The summed E-state index contributed by atoms with van der Waals surface area (Å²) >= 11 is 0. The number of carbonyl (C=O) groups excluding carboxylic acids is 3. The molecule has 7 nitrogen and oxygen atoms in total. The van der Waals surface area contributed by atoms with Gasteiger partial charge in [-0.2, -0.15) is 0 Å². The molecule has 2 N–H and O–H groups in total. The van der Waals surface area contributed by atoms with Crippen LogP contribution in [0.5, 0.6) is 0 Å². The summed E-state index contributed by atoms with van der Waals surface area (Å²) in [5.74, 6) is -1.98. The Bertz CT molecular complexity index is 1190. The molecule has 2 fully saturated rings. The summed E-state index contributed by atoms with van der Waals surface area (Å²) in [7, 11) is 0. The van der Waals surface area contributed by atoms with Crippen molar-refractivity contribution in [2.75, 3.05) is 6.61 Å². The number of carbonyl (C=O) groups is 3. The molecule has 8 atom stereocenters. The molecule has 40 heavy (non-hydrogen) atoms. The highest BCUT2D eigenvalue weighted by Crippen LogP contribution is 2.71. The lowest BCUT2D eigenvalue weighted by molar-refractivity contribution is -0.201. The van der Waals surface area contributed by atoms with Gasteiger partial charge in [-0.25, -0.2) is 4.79 Å². The average molecular weight is 553 g/mol. The van der Waals surface area contributed by atoms with Crippen LogP contribution in [0.1, 0.15) is 67.2 Å². The number of hydrogen-bond acceptors (Lipinski definition) is 7. The van der Waals surface area contributed by atoms with Crippen molar-refractivity contribution in [1.82, 2.24) is 0 Å². The van der Waals surface area contributed by atoms with Crippen molar-refractivity contribution in [3.8, 4) is 0 Å². The molecule has 2 saturated carbocycles. The lowest BCUT2D eigenvalue weighted by Gasteiger charge is -2.48. The first kappa shape index (κ1) is 30.2. The second kappa shape index (κ2) is 11.2. The fourth-order valence-corrected chi connectivity index (χ4v) is 7.68. The summed E-state index contributed by atoms with van der Waals surface area (Å²) in [5.41, 5.74) is -2.92. The molecular formula is C33H44O7. The van der Waals surface area contributed by atoms with E-state index >= 15 is 0 Å². The van der Waals surface area contributed by atoms with E-state index in [1.54, 1.807) is 31.2 Å². The Morgan fingerprint density at radius 3 is 2.55 bits per heavy atom. The Morgan fingerprint density at radius 2 is 1.88 bits per heavy atom. The highest BCUT2D eigenvalue weighted by atomic mass is 16.6. The molecule has 2 bridgehead atoms. The predicted octanol–water partition coefficient (Wildman–Crippen LogP) is 4.80. The lowest BCUT2D eigenvalue weighted by atomic mass is 9.59. The van der Waals surface area contributed by atoms with Crippen LogP contribution < -0.4 is 0 Å². The van der Waals surface area contributed by atoms with Gasteiger partial charge in [0.05, 0.1) is 5.41 Å². The topological polar surface area (TPSA) is 110 Å². The minimum absolute atomic E-state index is 0.0461. The number of ether oxygens (including phenoxy) is 2. The number of fused-ring (bicyclic) bond motifs is 3. The number of hydrogen-bond donors (Lipinski definition) is 2. The highest BCUT2D eigenvalue weighted by molar-refractivity contribution is 5.95. The molecule has 0 unspecified atom stereocenters. The molecule has 4 rings (SSSR count). The minimum atomic E-state index is -2.16. The van der Waals surface area contributed by atoms with Crippen molar-refractivity contribution in [2.45, 2.75) is 85.0 Å². The van der Waals surface area contributed by atoms with Gasteiger partial charge in [0.15, 0.2) is 17.5 Å². The Balaban J connectivity index is 1.67. The van der Waals surface area contributed by atoms with Gasteiger partial charge in [-0.15, -0.1) is 0 Å². The lowest BCUT2D eigenvalue weighted by Crippen LogP contribution is -2.65. The van der Waals surface area contributed by atoms with E-state index in [0.29, 0.717) is 12.0 Å². The van der Waals surface area contributed by atoms with Crippen LogP contribution in [0.25, 0.3) is 0 Å². The van der Waals surface area contributed by atoms with Crippen molar-refractivity contribution < 1.29 is 34.1 Å². The van der Waals surface area contributed by atoms with Gasteiger partial charge in [0, 0.05) is 18.9 Å². The fourth-order valence-electron chi connectivity index (χ4n) is 7.68. The molecule has 0 saturated heterocycles. The first-order chi connectivity index (χ1) is 18.8. The maximum Gasteiger partial charge on any atom is 0.331 e. The van der Waals surface area contributed by atoms with Crippen molar-refractivity contribution in [2.24, 2.45) is 34.5 Å². The molecule has 0 aromatic rings. The summed E-state index contributed by atoms with van der Waals surface area (Å²) in [4.78, 5) is 39.1. The molecule has 0 heterocycles. The molecule has 4 aliphatic carbocycles. The number of rotatable bonds is 9. The Kier molecular flexibility index (Phi) is 8.49. The van der Waals surface area contributed by atoms with Crippen LogP contribution in [0.2, 0.25) is 0 Å². The highest BCUT2D eigenvalue weighted by Gasteiger charge is 2.76. The predicted molar refractivity (Wildman–Crippen MR) is 152 cm³/mol. The van der Waals surface area contributed by atoms with E-state index < -0.39 is 41.1 Å². The molecule has 0 aromatic carbocycles. The Labute approximate surface area is 237 Å². The Hall–Kier alpha value is -2.77. The van der Waals surface area contributed by atoms with Crippen molar-refractivity contribution in [3.05, 3.63) is 59.8 Å². The number of ketones is 1. The van der Waals surface area contributed by atoms with Crippen LogP contribution in [-0.4, -0.2) is 52.4 Å². The molecule has 0 amide bonds. The van der Waals surface area contributed by atoms with Crippen molar-refractivity contribution in [3.63, 3.8) is 0 Å². The fraction of sp³-hybridized carbons (Fsp3) is 0.606. The third kappa shape index (κ3) is 4.85. The standard InChI is InChI=1S/C33H44O7/c1-7-8-9-10-11-12-13-14-15-26(35)40-30-20(2)18-32-21(3)16-25-27(31(25,5)6)24(29(32)37)17-23(19-39-22(4)34)28(36)33(30,32)38/h10-15,17-18,21,24-25,27-28,30,36,38H,7-9,16,19H2,1-6H3/b11-10-,13-12+,15-14+/t21-,24+,25-,27+,28-,30+,32+,33+/m1/s1. The zero-order chi connectivity index (χ0) is 29.5. The molecule has 4 aliphatic rings. The number of allylic oxidation sites excluding steroid dienone is 6. The zero-order valence-corrected chi connectivity index (χ0v) is 24.6. The van der Waals surface area contributed by atoms with Gasteiger partial charge >= 0.3 is 11.9 Å². The van der Waals surface area contributed by atoms with E-state index in [1.807, 2.05) is 19.1 Å². The second-order valence-corrected chi connectivity index (χ2v) is 12.6. The maximum atomic E-state index is 14.5. The van der Waals surface area contributed by atoms with Crippen LogP contribution in [0.3, 0.4) is 0 Å². The van der Waals surface area contributed by atoms with Gasteiger partial charge in [0.25, 0.3) is 0 Å². The normalized spacial score (nSPS) is 38.0. The third-order valence-electron chi connectivity index (χ3n) is 9.82. The number of aliphatic hydroxyl groups is 2. The SMILES string of the molecule is CCCC\C=C/C=C/C=C/C(=O)O[C@H]1C(C)=C[C@]23C(=O)[C@@H](C=C(COC(C)=O)[C@@H](O)[C@]12O)[C@H]1[C@@H](C[C@H]3C)C1(C)C. The van der Waals surface area contributed by atoms with Crippen molar-refractivity contribution in [1.29, 1.82) is 0 Å². The molecule has 0 aliphatic heterocycles. The minimum Gasteiger partial charge on any atom is -0.461 e. The van der Waals surface area contributed by atoms with Gasteiger partial charge in [0.2, 0.25) is 0 Å². The number of Topliss-reactive ketones (excluding diaryl/α,β-unsaturated/α-hetero) is 1. The monoisotopic (exact) mass is 552 g/mol. The summed E-state index contributed by atoms with van der Waals surface area (Å²) in [6.45, 7) is 11.1. The van der Waals surface area contributed by atoms with Gasteiger partial charge in [0.1, 0.15) is 12.7 Å². The first-order valence-electron chi connectivity index (χ1n) is 14.5. The smallest absolute Gasteiger partial charge is 0.331 e. The van der Waals surface area contributed by atoms with Crippen molar-refractivity contribution >= 4 is 17.7 Å². The van der Waals surface area contributed by atoms with Crippen LogP contribution in [0.15, 0.2) is 59.8 Å². The molecule has 1 spiro atoms.